The van der Waals surface area contributed by atoms with Crippen molar-refractivity contribution in [2.45, 2.75) is 6.92 Å². The molecule has 0 radical (unpaired) electrons. The molecule has 0 fully saturated rings. The van der Waals surface area contributed by atoms with Crippen LogP contribution in [0, 0.1) is 6.92 Å². The predicted octanol–water partition coefficient (Wildman–Crippen LogP) is 4.80. The van der Waals surface area contributed by atoms with Gasteiger partial charge >= 0.3 is 0 Å². The fourth-order valence-electron chi connectivity index (χ4n) is 2.46. The molecule has 3 heteroatoms. The Morgan fingerprint density at radius 1 is 1.00 bits per heavy atom. The minimum absolute atomic E-state index is 0.746. The van der Waals surface area contributed by atoms with E-state index in [9.17, 15) is 0 Å². The maximum Gasteiger partial charge on any atom is 0.165 e. The van der Waals surface area contributed by atoms with Crippen LogP contribution in [0.4, 0.5) is 0 Å². The fraction of sp³-hybridized carbons (Fsp3) is 0.0667. The van der Waals surface area contributed by atoms with Gasteiger partial charge in [-0.3, -0.25) is 0 Å². The second kappa shape index (κ2) is 3.30. The first-order chi connectivity index (χ1) is 8.72. The second-order valence-corrected chi connectivity index (χ2v) is 5.05. The number of hydrogen-bond acceptors (Lipinski definition) is 1. The molecular weight excluding hydrogens is 246 g/mol. The highest BCUT2D eigenvalue weighted by molar-refractivity contribution is 6.31. The van der Waals surface area contributed by atoms with Gasteiger partial charge in [-0.2, -0.15) is 4.57 Å². The molecule has 0 unspecified atom stereocenters. The summed E-state index contributed by atoms with van der Waals surface area (Å²) in [6, 6.07) is 14.2. The van der Waals surface area contributed by atoms with Crippen molar-refractivity contribution in [3.63, 3.8) is 0 Å². The SMILES string of the molecule is Cc1ccc2c(c1)on1c3ccc(Cl)cc3cc21. The van der Waals surface area contributed by atoms with Crippen LogP contribution in [0.3, 0.4) is 0 Å². The van der Waals surface area contributed by atoms with E-state index >= 15 is 0 Å². The van der Waals surface area contributed by atoms with E-state index in [-0.39, 0.29) is 0 Å². The van der Waals surface area contributed by atoms with Gasteiger partial charge in [-0.05, 0) is 48.9 Å². The number of rotatable bonds is 0. The maximum absolute atomic E-state index is 6.01. The second-order valence-electron chi connectivity index (χ2n) is 4.62. The molecule has 2 aromatic heterocycles. The molecule has 0 amide bonds. The van der Waals surface area contributed by atoms with Gasteiger partial charge in [0, 0.05) is 15.8 Å². The molecule has 18 heavy (non-hydrogen) atoms. The Balaban J connectivity index is 2.23. The standard InChI is InChI=1S/C15H10ClNO/c1-9-2-4-12-14-8-10-7-11(16)3-5-13(10)17(14)18-15(12)6-9/h2-8H,1H3. The Bertz CT molecular complexity index is 825. The average molecular weight is 256 g/mol. The van der Waals surface area contributed by atoms with Gasteiger partial charge < -0.3 is 4.52 Å². The van der Waals surface area contributed by atoms with Crippen LogP contribution in [-0.2, 0) is 0 Å². The molecular formula is C15H10ClNO. The summed E-state index contributed by atoms with van der Waals surface area (Å²) in [4.78, 5) is 0. The van der Waals surface area contributed by atoms with Gasteiger partial charge in [0.05, 0.1) is 11.0 Å². The lowest BCUT2D eigenvalue weighted by Crippen LogP contribution is -1.75. The lowest BCUT2D eigenvalue weighted by atomic mass is 10.2. The van der Waals surface area contributed by atoms with Crippen LogP contribution in [0.2, 0.25) is 5.02 Å². The number of halogens is 1. The Kier molecular flexibility index (Phi) is 1.84. The first-order valence-corrected chi connectivity index (χ1v) is 6.20. The maximum atomic E-state index is 6.01. The molecule has 0 aliphatic rings. The third-order valence-corrected chi connectivity index (χ3v) is 3.56. The highest BCUT2D eigenvalue weighted by Crippen LogP contribution is 2.30. The van der Waals surface area contributed by atoms with E-state index in [0.717, 1.165) is 32.4 Å². The summed E-state index contributed by atoms with van der Waals surface area (Å²) >= 11 is 6.01. The van der Waals surface area contributed by atoms with Gasteiger partial charge in [-0.25, -0.2) is 0 Å². The van der Waals surface area contributed by atoms with Crippen LogP contribution in [0.1, 0.15) is 5.56 Å². The molecule has 0 saturated heterocycles. The van der Waals surface area contributed by atoms with Gasteiger partial charge in [-0.1, -0.05) is 17.7 Å². The zero-order chi connectivity index (χ0) is 12.3. The number of fused-ring (bicyclic) bond motifs is 5. The zero-order valence-electron chi connectivity index (χ0n) is 9.77. The van der Waals surface area contributed by atoms with Gasteiger partial charge in [-0.15, -0.1) is 0 Å². The van der Waals surface area contributed by atoms with Crippen LogP contribution in [0.25, 0.3) is 27.4 Å². The van der Waals surface area contributed by atoms with Crippen LogP contribution in [0.15, 0.2) is 47.0 Å². The van der Waals surface area contributed by atoms with E-state index < -0.39 is 0 Å². The van der Waals surface area contributed by atoms with Gasteiger partial charge in [0.15, 0.2) is 5.58 Å². The van der Waals surface area contributed by atoms with E-state index in [2.05, 4.69) is 31.2 Å². The molecule has 0 aliphatic carbocycles. The van der Waals surface area contributed by atoms with Gasteiger partial charge in [0.1, 0.15) is 0 Å². The fourth-order valence-corrected chi connectivity index (χ4v) is 2.64. The molecule has 2 aromatic carbocycles. The average Bonchev–Trinajstić information content (AvgIpc) is 2.83. The van der Waals surface area contributed by atoms with E-state index in [0.29, 0.717) is 0 Å². The monoisotopic (exact) mass is 255 g/mol. The minimum atomic E-state index is 0.746. The molecule has 0 bridgehead atoms. The van der Waals surface area contributed by atoms with Crippen molar-refractivity contribution in [1.82, 2.24) is 4.57 Å². The topological polar surface area (TPSA) is 17.6 Å². The van der Waals surface area contributed by atoms with Crippen molar-refractivity contribution < 1.29 is 4.52 Å². The van der Waals surface area contributed by atoms with Crippen molar-refractivity contribution in [2.24, 2.45) is 0 Å². The molecule has 0 N–H and O–H groups in total. The number of aromatic nitrogens is 1. The first-order valence-electron chi connectivity index (χ1n) is 5.83. The zero-order valence-corrected chi connectivity index (χ0v) is 10.5. The molecule has 2 nitrogen and oxygen atoms in total. The number of benzene rings is 2. The summed E-state index contributed by atoms with van der Waals surface area (Å²) in [6.45, 7) is 2.06. The van der Waals surface area contributed by atoms with Crippen molar-refractivity contribution >= 4 is 39.0 Å². The lowest BCUT2D eigenvalue weighted by molar-refractivity contribution is 0.424. The largest absolute Gasteiger partial charge is 0.374 e. The van der Waals surface area contributed by atoms with Crippen molar-refractivity contribution in [3.8, 4) is 0 Å². The Hall–Kier alpha value is -1.93. The summed E-state index contributed by atoms with van der Waals surface area (Å²) in [6.07, 6.45) is 0. The van der Waals surface area contributed by atoms with E-state index in [4.69, 9.17) is 16.1 Å². The number of nitrogens with zero attached hydrogens (tertiary/aromatic N) is 1. The Morgan fingerprint density at radius 3 is 2.78 bits per heavy atom. The number of aryl methyl sites for hydroxylation is 1. The van der Waals surface area contributed by atoms with E-state index in [1.807, 2.05) is 22.8 Å². The highest BCUT2D eigenvalue weighted by atomic mass is 35.5. The Labute approximate surface area is 108 Å². The number of hydrogen-bond donors (Lipinski definition) is 0. The highest BCUT2D eigenvalue weighted by Gasteiger charge is 2.11. The molecule has 0 aliphatic heterocycles. The van der Waals surface area contributed by atoms with Crippen LogP contribution in [-0.4, -0.2) is 4.57 Å². The van der Waals surface area contributed by atoms with Crippen LogP contribution in [0.5, 0.6) is 0 Å². The van der Waals surface area contributed by atoms with Gasteiger partial charge in [0.2, 0.25) is 0 Å². The summed E-state index contributed by atoms with van der Waals surface area (Å²) in [5.74, 6) is 0. The first kappa shape index (κ1) is 10.0. The minimum Gasteiger partial charge on any atom is -0.374 e. The van der Waals surface area contributed by atoms with E-state index in [1.54, 1.807) is 0 Å². The molecule has 4 rings (SSSR count). The molecule has 0 spiro atoms. The van der Waals surface area contributed by atoms with Crippen molar-refractivity contribution in [1.29, 1.82) is 0 Å². The van der Waals surface area contributed by atoms with Crippen LogP contribution < -0.4 is 0 Å². The molecule has 0 saturated carbocycles. The lowest BCUT2D eigenvalue weighted by Gasteiger charge is -1.92. The predicted molar refractivity (Wildman–Crippen MR) is 74.4 cm³/mol. The smallest absolute Gasteiger partial charge is 0.165 e. The molecule has 88 valence electrons. The van der Waals surface area contributed by atoms with Crippen molar-refractivity contribution in [2.75, 3.05) is 0 Å². The van der Waals surface area contributed by atoms with E-state index in [1.165, 1.54) is 5.56 Å². The molecule has 4 aromatic rings. The molecule has 0 atom stereocenters. The quantitative estimate of drug-likeness (QED) is 0.441. The van der Waals surface area contributed by atoms with Crippen molar-refractivity contribution in [3.05, 3.63) is 53.1 Å². The van der Waals surface area contributed by atoms with Crippen LogP contribution >= 0.6 is 11.6 Å². The molecule has 2 heterocycles. The summed E-state index contributed by atoms with van der Waals surface area (Å²) in [5.41, 5.74) is 4.25. The Morgan fingerprint density at radius 2 is 1.89 bits per heavy atom. The van der Waals surface area contributed by atoms with Gasteiger partial charge in [0.25, 0.3) is 0 Å². The summed E-state index contributed by atoms with van der Waals surface area (Å²) in [5, 5.41) is 2.98. The summed E-state index contributed by atoms with van der Waals surface area (Å²) in [7, 11) is 0. The third-order valence-electron chi connectivity index (χ3n) is 3.32. The normalized spacial score (nSPS) is 11.9. The third kappa shape index (κ3) is 1.24. The summed E-state index contributed by atoms with van der Waals surface area (Å²) < 4.78 is 7.77.